The second-order valence-corrected chi connectivity index (χ2v) is 8.82. The van der Waals surface area contributed by atoms with Crippen molar-refractivity contribution in [2.24, 2.45) is 0 Å². The van der Waals surface area contributed by atoms with Crippen LogP contribution >= 0.6 is 11.3 Å². The quantitative estimate of drug-likeness (QED) is 0.435. The van der Waals surface area contributed by atoms with E-state index in [2.05, 4.69) is 23.6 Å². The Labute approximate surface area is 190 Å². The highest BCUT2D eigenvalue weighted by Crippen LogP contribution is 2.40. The molecule has 32 heavy (non-hydrogen) atoms. The summed E-state index contributed by atoms with van der Waals surface area (Å²) in [5, 5.41) is 13.3. The summed E-state index contributed by atoms with van der Waals surface area (Å²) in [6, 6.07) is 19.3. The van der Waals surface area contributed by atoms with Crippen molar-refractivity contribution in [3.63, 3.8) is 0 Å². The molecule has 3 heterocycles. The third-order valence-electron chi connectivity index (χ3n) is 5.66. The summed E-state index contributed by atoms with van der Waals surface area (Å²) in [6.07, 6.45) is 0. The standard InChI is InChI=1S/C25H23N5OS/c1-15-9-7-8-12-19(15)23-28-25-26-17(3)20(24(31)27-18-10-5-4-6-11-18)21(30(25)29-23)22-16(2)13-14-32-22/h4-14,21H,1-3H3,(H,27,31)(H,26,28,29). The first kappa shape index (κ1) is 20.2. The Morgan fingerprint density at radius 1 is 1.00 bits per heavy atom. The highest BCUT2D eigenvalue weighted by molar-refractivity contribution is 7.10. The van der Waals surface area contributed by atoms with E-state index in [9.17, 15) is 4.79 Å². The third-order valence-corrected chi connectivity index (χ3v) is 6.74. The molecule has 2 N–H and O–H groups in total. The summed E-state index contributed by atoms with van der Waals surface area (Å²) in [7, 11) is 0. The molecule has 5 rings (SSSR count). The van der Waals surface area contributed by atoms with Gasteiger partial charge in [0.1, 0.15) is 6.04 Å². The van der Waals surface area contributed by atoms with Crippen molar-refractivity contribution in [1.29, 1.82) is 0 Å². The number of allylic oxidation sites excluding steroid dienone is 1. The first-order valence-corrected chi connectivity index (χ1v) is 11.3. The smallest absolute Gasteiger partial charge is 0.255 e. The molecular formula is C25H23N5OS. The molecule has 4 aromatic rings. The van der Waals surface area contributed by atoms with Gasteiger partial charge in [0.2, 0.25) is 5.95 Å². The van der Waals surface area contributed by atoms with Crippen molar-refractivity contribution in [3.05, 3.63) is 93.3 Å². The highest BCUT2D eigenvalue weighted by Gasteiger charge is 2.36. The van der Waals surface area contributed by atoms with Crippen molar-refractivity contribution in [1.82, 2.24) is 14.8 Å². The molecule has 160 valence electrons. The predicted molar refractivity (Wildman–Crippen MR) is 129 cm³/mol. The second kappa shape index (κ2) is 8.09. The van der Waals surface area contributed by atoms with Crippen LogP contribution < -0.4 is 10.6 Å². The number of hydrogen-bond acceptors (Lipinski definition) is 5. The SMILES string of the molecule is CC1=C(C(=O)Nc2ccccc2)C(c2sccc2C)n2nc(-c3ccccc3C)nc2N1. The minimum Gasteiger partial charge on any atom is -0.328 e. The number of anilines is 2. The molecule has 1 aliphatic rings. The molecule has 0 saturated heterocycles. The Hall–Kier alpha value is -3.71. The third kappa shape index (κ3) is 3.50. The van der Waals surface area contributed by atoms with Gasteiger partial charge in [-0.15, -0.1) is 16.4 Å². The van der Waals surface area contributed by atoms with E-state index < -0.39 is 0 Å². The lowest BCUT2D eigenvalue weighted by molar-refractivity contribution is -0.113. The number of para-hydroxylation sites is 1. The minimum atomic E-state index is -0.361. The number of nitrogens with zero attached hydrogens (tertiary/aromatic N) is 3. The van der Waals surface area contributed by atoms with Gasteiger partial charge in [0, 0.05) is 21.8 Å². The number of carbonyl (C=O) groups is 1. The zero-order valence-electron chi connectivity index (χ0n) is 18.1. The fourth-order valence-electron chi connectivity index (χ4n) is 4.01. The normalized spacial score (nSPS) is 15.3. The Balaban J connectivity index is 1.62. The maximum Gasteiger partial charge on any atom is 0.255 e. The van der Waals surface area contributed by atoms with E-state index in [0.717, 1.165) is 33.0 Å². The van der Waals surface area contributed by atoms with Crippen LogP contribution in [0.3, 0.4) is 0 Å². The topological polar surface area (TPSA) is 71.8 Å². The molecule has 2 aromatic heterocycles. The van der Waals surface area contributed by atoms with E-state index in [1.54, 1.807) is 11.3 Å². The first-order valence-electron chi connectivity index (χ1n) is 10.4. The molecule has 1 unspecified atom stereocenters. The number of fused-ring (bicyclic) bond motifs is 1. The number of aryl methyl sites for hydroxylation is 2. The van der Waals surface area contributed by atoms with Crippen LogP contribution in [0.1, 0.15) is 29.0 Å². The van der Waals surface area contributed by atoms with Crippen molar-refractivity contribution in [2.75, 3.05) is 10.6 Å². The molecule has 1 atom stereocenters. The number of benzene rings is 2. The summed E-state index contributed by atoms with van der Waals surface area (Å²) in [4.78, 5) is 19.3. The molecule has 1 aliphatic heterocycles. The van der Waals surface area contributed by atoms with Crippen LogP contribution in [-0.4, -0.2) is 20.7 Å². The number of thiophene rings is 1. The summed E-state index contributed by atoms with van der Waals surface area (Å²) >= 11 is 1.63. The lowest BCUT2D eigenvalue weighted by Crippen LogP contribution is -2.31. The molecule has 0 saturated carbocycles. The van der Waals surface area contributed by atoms with Crippen LogP contribution in [0.25, 0.3) is 11.4 Å². The van der Waals surface area contributed by atoms with E-state index in [4.69, 9.17) is 10.1 Å². The number of rotatable bonds is 4. The molecule has 0 aliphatic carbocycles. The monoisotopic (exact) mass is 441 g/mol. The van der Waals surface area contributed by atoms with E-state index in [1.807, 2.05) is 78.5 Å². The van der Waals surface area contributed by atoms with E-state index >= 15 is 0 Å². The maximum absolute atomic E-state index is 13.5. The average Bonchev–Trinajstić information content (AvgIpc) is 3.39. The highest BCUT2D eigenvalue weighted by atomic mass is 32.1. The Morgan fingerprint density at radius 3 is 2.47 bits per heavy atom. The van der Waals surface area contributed by atoms with Gasteiger partial charge in [-0.2, -0.15) is 4.98 Å². The molecular weight excluding hydrogens is 418 g/mol. The van der Waals surface area contributed by atoms with Gasteiger partial charge in [0.05, 0.1) is 5.57 Å². The van der Waals surface area contributed by atoms with E-state index in [-0.39, 0.29) is 11.9 Å². The van der Waals surface area contributed by atoms with Crippen molar-refractivity contribution < 1.29 is 4.79 Å². The van der Waals surface area contributed by atoms with E-state index in [0.29, 0.717) is 17.3 Å². The van der Waals surface area contributed by atoms with Gasteiger partial charge in [0.25, 0.3) is 5.91 Å². The number of carbonyl (C=O) groups excluding carboxylic acids is 1. The minimum absolute atomic E-state index is 0.155. The number of hydrogen-bond donors (Lipinski definition) is 2. The van der Waals surface area contributed by atoms with Gasteiger partial charge < -0.3 is 10.6 Å². The van der Waals surface area contributed by atoms with Crippen molar-refractivity contribution in [2.45, 2.75) is 26.8 Å². The van der Waals surface area contributed by atoms with Gasteiger partial charge in [-0.3, -0.25) is 4.79 Å². The van der Waals surface area contributed by atoms with Crippen LogP contribution in [0.5, 0.6) is 0 Å². The Morgan fingerprint density at radius 2 is 1.75 bits per heavy atom. The summed E-state index contributed by atoms with van der Waals surface area (Å²) in [5.74, 6) is 1.12. The summed E-state index contributed by atoms with van der Waals surface area (Å²) in [6.45, 7) is 6.03. The molecule has 7 heteroatoms. The van der Waals surface area contributed by atoms with Crippen LogP contribution in [0, 0.1) is 13.8 Å². The largest absolute Gasteiger partial charge is 0.328 e. The first-order chi connectivity index (χ1) is 15.5. The zero-order valence-corrected chi connectivity index (χ0v) is 18.9. The van der Waals surface area contributed by atoms with E-state index in [1.165, 1.54) is 0 Å². The molecule has 0 fully saturated rings. The van der Waals surface area contributed by atoms with Crippen molar-refractivity contribution >= 4 is 28.9 Å². The number of nitrogens with one attached hydrogen (secondary N) is 2. The van der Waals surface area contributed by atoms with Gasteiger partial charge in [-0.1, -0.05) is 42.5 Å². The molecule has 1 amide bonds. The molecule has 2 aromatic carbocycles. The van der Waals surface area contributed by atoms with Gasteiger partial charge in [-0.25, -0.2) is 4.68 Å². The lowest BCUT2D eigenvalue weighted by atomic mass is 9.99. The fourth-order valence-corrected chi connectivity index (χ4v) is 5.03. The molecule has 0 radical (unpaired) electrons. The van der Waals surface area contributed by atoms with Gasteiger partial charge >= 0.3 is 0 Å². The fraction of sp³-hybridized carbons (Fsp3) is 0.160. The van der Waals surface area contributed by atoms with Crippen LogP contribution in [0.2, 0.25) is 0 Å². The van der Waals surface area contributed by atoms with Crippen molar-refractivity contribution in [3.8, 4) is 11.4 Å². The number of aromatic nitrogens is 3. The predicted octanol–water partition coefficient (Wildman–Crippen LogP) is 5.55. The van der Waals surface area contributed by atoms with Gasteiger partial charge in [-0.05, 0) is 55.5 Å². The number of amides is 1. The Bertz CT molecular complexity index is 1340. The average molecular weight is 442 g/mol. The van der Waals surface area contributed by atoms with Crippen LogP contribution in [0.15, 0.2) is 77.3 Å². The van der Waals surface area contributed by atoms with Gasteiger partial charge in [0.15, 0.2) is 5.82 Å². The summed E-state index contributed by atoms with van der Waals surface area (Å²) < 4.78 is 1.84. The maximum atomic E-state index is 13.5. The molecule has 0 spiro atoms. The zero-order chi connectivity index (χ0) is 22.2. The second-order valence-electron chi connectivity index (χ2n) is 7.87. The Kier molecular flexibility index (Phi) is 5.11. The summed E-state index contributed by atoms with van der Waals surface area (Å²) in [5.41, 5.74) is 5.36. The van der Waals surface area contributed by atoms with Crippen LogP contribution in [0.4, 0.5) is 11.6 Å². The molecule has 6 nitrogen and oxygen atoms in total. The molecule has 0 bridgehead atoms. The van der Waals surface area contributed by atoms with Crippen LogP contribution in [-0.2, 0) is 4.79 Å². The lowest BCUT2D eigenvalue weighted by Gasteiger charge is -2.28.